The number of rotatable bonds is 6. The van der Waals surface area contributed by atoms with Crippen LogP contribution in [0.2, 0.25) is 0 Å². The van der Waals surface area contributed by atoms with Crippen molar-refractivity contribution in [2.75, 3.05) is 32.1 Å². The second-order valence-corrected chi connectivity index (χ2v) is 4.54. The Morgan fingerprint density at radius 2 is 2.05 bits per heavy atom. The second-order valence-electron chi connectivity index (χ2n) is 4.54. The van der Waals surface area contributed by atoms with Crippen LogP contribution in [0.4, 0.5) is 11.4 Å². The maximum atomic E-state index is 11.8. The molecule has 110 valence electrons. The Labute approximate surface area is 117 Å². The molecule has 0 unspecified atom stereocenters. The highest BCUT2D eigenvalue weighted by Gasteiger charge is 2.21. The van der Waals surface area contributed by atoms with Crippen LogP contribution in [0.15, 0.2) is 18.2 Å². The van der Waals surface area contributed by atoms with Crippen LogP contribution in [0.25, 0.3) is 0 Å². The lowest BCUT2D eigenvalue weighted by Crippen LogP contribution is -2.36. The van der Waals surface area contributed by atoms with Crippen LogP contribution >= 0.6 is 0 Å². The third kappa shape index (κ3) is 3.67. The van der Waals surface area contributed by atoms with Crippen molar-refractivity contribution < 1.29 is 14.8 Å². The molecule has 1 N–H and O–H groups in total. The molecule has 0 atom stereocenters. The number of nitro groups is 1. The van der Waals surface area contributed by atoms with Gasteiger partial charge in [-0.25, -0.2) is 0 Å². The van der Waals surface area contributed by atoms with E-state index in [1.54, 1.807) is 31.1 Å². The quantitative estimate of drug-likeness (QED) is 0.621. The first-order chi connectivity index (χ1) is 9.40. The molecule has 1 aromatic rings. The predicted molar refractivity (Wildman–Crippen MR) is 75.6 cm³/mol. The highest BCUT2D eigenvalue weighted by molar-refractivity contribution is 5.82. The zero-order valence-corrected chi connectivity index (χ0v) is 11.9. The van der Waals surface area contributed by atoms with Gasteiger partial charge in [-0.05, 0) is 18.6 Å². The minimum atomic E-state index is -0.503. The molecule has 0 bridgehead atoms. The molecule has 1 amide bonds. The summed E-state index contributed by atoms with van der Waals surface area (Å²) in [6.07, 6.45) is 0. The summed E-state index contributed by atoms with van der Waals surface area (Å²) in [5.41, 5.74) is 0.741. The van der Waals surface area contributed by atoms with E-state index in [-0.39, 0.29) is 24.7 Å². The van der Waals surface area contributed by atoms with Gasteiger partial charge in [-0.1, -0.05) is 6.07 Å². The maximum absolute atomic E-state index is 11.8. The van der Waals surface area contributed by atoms with Crippen LogP contribution in [0, 0.1) is 10.1 Å². The van der Waals surface area contributed by atoms with E-state index in [2.05, 4.69) is 0 Å². The van der Waals surface area contributed by atoms with Gasteiger partial charge in [0.15, 0.2) is 0 Å². The van der Waals surface area contributed by atoms with Crippen molar-refractivity contribution in [3.05, 3.63) is 33.9 Å². The van der Waals surface area contributed by atoms with Gasteiger partial charge in [0.1, 0.15) is 5.69 Å². The molecule has 0 spiro atoms. The van der Waals surface area contributed by atoms with Crippen molar-refractivity contribution in [2.45, 2.75) is 13.5 Å². The SMILES string of the molecule is CCN(CC(=O)N(C)C)c1ccc(CO)cc1[N+](=O)[O-]. The predicted octanol–water partition coefficient (Wildman–Crippen LogP) is 1.00. The van der Waals surface area contributed by atoms with Crippen molar-refractivity contribution in [1.82, 2.24) is 4.90 Å². The van der Waals surface area contributed by atoms with E-state index in [1.165, 1.54) is 11.0 Å². The number of benzene rings is 1. The summed E-state index contributed by atoms with van der Waals surface area (Å²) in [7, 11) is 3.28. The molecule has 0 saturated carbocycles. The zero-order chi connectivity index (χ0) is 15.3. The van der Waals surface area contributed by atoms with Gasteiger partial charge in [0.05, 0.1) is 18.1 Å². The van der Waals surface area contributed by atoms with Gasteiger partial charge in [0.2, 0.25) is 5.91 Å². The van der Waals surface area contributed by atoms with Crippen molar-refractivity contribution in [3.63, 3.8) is 0 Å². The van der Waals surface area contributed by atoms with E-state index >= 15 is 0 Å². The summed E-state index contributed by atoms with van der Waals surface area (Å²) in [4.78, 5) is 25.5. The molecule has 20 heavy (non-hydrogen) atoms. The number of nitrogens with zero attached hydrogens (tertiary/aromatic N) is 3. The summed E-state index contributed by atoms with van der Waals surface area (Å²) in [5, 5.41) is 20.2. The van der Waals surface area contributed by atoms with Gasteiger partial charge in [0, 0.05) is 26.7 Å². The fraction of sp³-hybridized carbons (Fsp3) is 0.462. The maximum Gasteiger partial charge on any atom is 0.292 e. The van der Waals surface area contributed by atoms with E-state index in [1.807, 2.05) is 6.92 Å². The second kappa shape index (κ2) is 6.85. The number of anilines is 1. The Kier molecular flexibility index (Phi) is 5.45. The Balaban J connectivity index is 3.14. The van der Waals surface area contributed by atoms with Crippen LogP contribution in [0.5, 0.6) is 0 Å². The number of likely N-dealkylation sites (N-methyl/N-ethyl adjacent to an activating group) is 2. The Hall–Kier alpha value is -2.15. The monoisotopic (exact) mass is 281 g/mol. The van der Waals surface area contributed by atoms with E-state index < -0.39 is 4.92 Å². The van der Waals surface area contributed by atoms with Crippen LogP contribution in [-0.2, 0) is 11.4 Å². The molecule has 0 aliphatic rings. The summed E-state index contributed by atoms with van der Waals surface area (Å²) in [6, 6.07) is 4.51. The van der Waals surface area contributed by atoms with Gasteiger partial charge in [0.25, 0.3) is 5.69 Å². The third-order valence-corrected chi connectivity index (χ3v) is 2.97. The molecule has 1 rings (SSSR count). The van der Waals surface area contributed by atoms with Crippen molar-refractivity contribution in [2.24, 2.45) is 0 Å². The molecule has 0 aromatic heterocycles. The fourth-order valence-electron chi connectivity index (χ4n) is 1.75. The zero-order valence-electron chi connectivity index (χ0n) is 11.9. The molecule has 1 aromatic carbocycles. The average Bonchev–Trinajstić information content (AvgIpc) is 2.43. The van der Waals surface area contributed by atoms with E-state index in [0.29, 0.717) is 17.8 Å². The molecule has 0 radical (unpaired) electrons. The summed E-state index contributed by atoms with van der Waals surface area (Å²) in [6.45, 7) is 2.11. The minimum absolute atomic E-state index is 0.0722. The molecule has 0 fully saturated rings. The number of amides is 1. The molecule has 7 nitrogen and oxygen atoms in total. The number of carbonyl (C=O) groups excluding carboxylic acids is 1. The highest BCUT2D eigenvalue weighted by Crippen LogP contribution is 2.29. The topological polar surface area (TPSA) is 86.9 Å². The number of aliphatic hydroxyl groups excluding tert-OH is 1. The standard InChI is InChI=1S/C13H19N3O4/c1-4-15(8-13(18)14(2)3)11-6-5-10(9-17)7-12(11)16(19)20/h5-7,17H,4,8-9H2,1-3H3. The molecule has 0 aliphatic heterocycles. The number of hydrogen-bond donors (Lipinski definition) is 1. The van der Waals surface area contributed by atoms with Gasteiger partial charge >= 0.3 is 0 Å². The summed E-state index contributed by atoms with van der Waals surface area (Å²) >= 11 is 0. The molecule has 0 saturated heterocycles. The number of nitro benzene ring substituents is 1. The average molecular weight is 281 g/mol. The lowest BCUT2D eigenvalue weighted by Gasteiger charge is -2.24. The molecule has 7 heteroatoms. The normalized spacial score (nSPS) is 10.2. The fourth-order valence-corrected chi connectivity index (χ4v) is 1.75. The molecule has 0 heterocycles. The van der Waals surface area contributed by atoms with E-state index in [4.69, 9.17) is 5.11 Å². The van der Waals surface area contributed by atoms with Crippen LogP contribution in [0.3, 0.4) is 0 Å². The van der Waals surface area contributed by atoms with Crippen molar-refractivity contribution >= 4 is 17.3 Å². The van der Waals surface area contributed by atoms with Crippen LogP contribution in [-0.4, -0.2) is 48.0 Å². The summed E-state index contributed by atoms with van der Waals surface area (Å²) in [5.74, 6) is -0.132. The van der Waals surface area contributed by atoms with Gasteiger partial charge in [-0.2, -0.15) is 0 Å². The van der Waals surface area contributed by atoms with E-state index in [0.717, 1.165) is 0 Å². The summed E-state index contributed by atoms with van der Waals surface area (Å²) < 4.78 is 0. The molecular weight excluding hydrogens is 262 g/mol. The first kappa shape index (κ1) is 15.9. The highest BCUT2D eigenvalue weighted by atomic mass is 16.6. The van der Waals surface area contributed by atoms with Crippen LogP contribution in [0.1, 0.15) is 12.5 Å². The number of hydrogen-bond acceptors (Lipinski definition) is 5. The minimum Gasteiger partial charge on any atom is -0.392 e. The van der Waals surface area contributed by atoms with Gasteiger partial charge in [-0.3, -0.25) is 14.9 Å². The number of carbonyl (C=O) groups is 1. The van der Waals surface area contributed by atoms with E-state index in [9.17, 15) is 14.9 Å². The smallest absolute Gasteiger partial charge is 0.292 e. The lowest BCUT2D eigenvalue weighted by atomic mass is 10.1. The first-order valence-corrected chi connectivity index (χ1v) is 6.24. The molecule has 0 aliphatic carbocycles. The van der Waals surface area contributed by atoms with Crippen molar-refractivity contribution in [1.29, 1.82) is 0 Å². The number of aliphatic hydroxyl groups is 1. The van der Waals surface area contributed by atoms with Gasteiger partial charge < -0.3 is 14.9 Å². The van der Waals surface area contributed by atoms with Crippen molar-refractivity contribution in [3.8, 4) is 0 Å². The van der Waals surface area contributed by atoms with Crippen LogP contribution < -0.4 is 4.90 Å². The Morgan fingerprint density at radius 3 is 2.50 bits per heavy atom. The first-order valence-electron chi connectivity index (χ1n) is 6.24. The third-order valence-electron chi connectivity index (χ3n) is 2.97. The Morgan fingerprint density at radius 1 is 1.40 bits per heavy atom. The largest absolute Gasteiger partial charge is 0.392 e. The van der Waals surface area contributed by atoms with Gasteiger partial charge in [-0.15, -0.1) is 0 Å². The Bertz CT molecular complexity index is 502. The molecular formula is C13H19N3O4. The lowest BCUT2D eigenvalue weighted by molar-refractivity contribution is -0.384.